The van der Waals surface area contributed by atoms with Gasteiger partial charge in [-0.05, 0) is 18.2 Å². The highest BCUT2D eigenvalue weighted by Crippen LogP contribution is 2.21. The van der Waals surface area contributed by atoms with Crippen molar-refractivity contribution >= 4 is 23.6 Å². The zero-order valence-corrected chi connectivity index (χ0v) is 10.6. The summed E-state index contributed by atoms with van der Waals surface area (Å²) < 4.78 is 26.6. The van der Waals surface area contributed by atoms with E-state index in [-0.39, 0.29) is 12.3 Å². The summed E-state index contributed by atoms with van der Waals surface area (Å²) in [5, 5.41) is 9.05. The molecular formula is C12H11F2NO3S. The molecule has 1 aliphatic heterocycles. The highest BCUT2D eigenvalue weighted by molar-refractivity contribution is 7.99. The van der Waals surface area contributed by atoms with Gasteiger partial charge >= 0.3 is 5.97 Å². The predicted molar refractivity (Wildman–Crippen MR) is 66.1 cm³/mol. The number of hydrogen-bond acceptors (Lipinski definition) is 3. The van der Waals surface area contributed by atoms with E-state index in [1.807, 2.05) is 0 Å². The molecule has 1 fully saturated rings. The number of aliphatic carboxylic acids is 1. The second-order valence-electron chi connectivity index (χ2n) is 4.05. The fourth-order valence-corrected chi connectivity index (χ4v) is 2.91. The van der Waals surface area contributed by atoms with E-state index < -0.39 is 35.1 Å². The highest BCUT2D eigenvalue weighted by Gasteiger charge is 2.33. The Bertz CT molecular complexity index is 524. The maximum absolute atomic E-state index is 13.5. The van der Waals surface area contributed by atoms with Gasteiger partial charge in [0.2, 0.25) is 0 Å². The van der Waals surface area contributed by atoms with E-state index >= 15 is 0 Å². The Morgan fingerprint density at radius 2 is 2.11 bits per heavy atom. The molecule has 2 rings (SSSR count). The number of carboxylic acid groups (broad SMARTS) is 1. The van der Waals surface area contributed by atoms with Crippen LogP contribution in [0, 0.1) is 11.6 Å². The van der Waals surface area contributed by atoms with Gasteiger partial charge in [0, 0.05) is 18.1 Å². The van der Waals surface area contributed by atoms with Gasteiger partial charge in [-0.15, -0.1) is 0 Å². The van der Waals surface area contributed by atoms with Crippen molar-refractivity contribution in [2.24, 2.45) is 0 Å². The maximum atomic E-state index is 13.5. The molecule has 1 saturated heterocycles. The van der Waals surface area contributed by atoms with E-state index in [9.17, 15) is 18.4 Å². The summed E-state index contributed by atoms with van der Waals surface area (Å²) >= 11 is 1.41. The van der Waals surface area contributed by atoms with Crippen LogP contribution in [0.1, 0.15) is 10.4 Å². The molecule has 0 bridgehead atoms. The van der Waals surface area contributed by atoms with E-state index in [0.29, 0.717) is 5.75 Å². The number of carbonyl (C=O) groups excluding carboxylic acids is 1. The van der Waals surface area contributed by atoms with Gasteiger partial charge < -0.3 is 10.0 Å². The Balaban J connectivity index is 2.31. The number of carbonyl (C=O) groups is 2. The first-order valence-corrected chi connectivity index (χ1v) is 6.72. The lowest BCUT2D eigenvalue weighted by molar-refractivity contribution is -0.141. The van der Waals surface area contributed by atoms with E-state index in [4.69, 9.17) is 5.11 Å². The Morgan fingerprint density at radius 1 is 1.37 bits per heavy atom. The van der Waals surface area contributed by atoms with E-state index in [0.717, 1.165) is 23.1 Å². The van der Waals surface area contributed by atoms with Crippen LogP contribution in [0.2, 0.25) is 0 Å². The lowest BCUT2D eigenvalue weighted by Gasteiger charge is -2.32. The molecule has 0 radical (unpaired) electrons. The second kappa shape index (κ2) is 5.56. The van der Waals surface area contributed by atoms with Crippen molar-refractivity contribution in [3.05, 3.63) is 35.4 Å². The molecule has 0 aliphatic carbocycles. The van der Waals surface area contributed by atoms with Gasteiger partial charge in [0.15, 0.2) is 0 Å². The summed E-state index contributed by atoms with van der Waals surface area (Å²) in [4.78, 5) is 24.3. The number of halogens is 2. The van der Waals surface area contributed by atoms with Crippen LogP contribution in [0.15, 0.2) is 18.2 Å². The number of thioether (sulfide) groups is 1. The smallest absolute Gasteiger partial charge is 0.327 e. The average molecular weight is 287 g/mol. The summed E-state index contributed by atoms with van der Waals surface area (Å²) in [7, 11) is 0. The van der Waals surface area contributed by atoms with Crippen molar-refractivity contribution in [1.82, 2.24) is 4.90 Å². The standard InChI is InChI=1S/C12H11F2NO3S/c13-7-1-2-9(14)8(5-7)11(16)15-3-4-19-6-10(15)12(17)18/h1-2,5,10H,3-4,6H2,(H,17,18). The van der Waals surface area contributed by atoms with Crippen LogP contribution in [-0.4, -0.2) is 46.0 Å². The number of rotatable bonds is 2. The Hall–Kier alpha value is -1.63. The highest BCUT2D eigenvalue weighted by atomic mass is 32.2. The zero-order chi connectivity index (χ0) is 14.0. The summed E-state index contributed by atoms with van der Waals surface area (Å²) in [6.07, 6.45) is 0. The minimum absolute atomic E-state index is 0.205. The molecule has 102 valence electrons. The molecule has 19 heavy (non-hydrogen) atoms. The third-order valence-corrected chi connectivity index (χ3v) is 3.86. The number of benzene rings is 1. The minimum atomic E-state index is -1.14. The zero-order valence-electron chi connectivity index (χ0n) is 9.81. The molecule has 0 saturated carbocycles. The molecule has 1 heterocycles. The van der Waals surface area contributed by atoms with Gasteiger partial charge in [0.05, 0.1) is 5.56 Å². The van der Waals surface area contributed by atoms with Crippen molar-refractivity contribution in [3.8, 4) is 0 Å². The molecule has 7 heteroatoms. The Labute approximate surface area is 112 Å². The van der Waals surface area contributed by atoms with Crippen LogP contribution in [0.4, 0.5) is 8.78 Å². The molecule has 0 aromatic heterocycles. The van der Waals surface area contributed by atoms with Crippen LogP contribution in [0.5, 0.6) is 0 Å². The summed E-state index contributed by atoms with van der Waals surface area (Å²) in [6, 6.07) is 1.55. The van der Waals surface area contributed by atoms with Gasteiger partial charge in [-0.25, -0.2) is 13.6 Å². The second-order valence-corrected chi connectivity index (χ2v) is 5.20. The molecular weight excluding hydrogens is 276 g/mol. The SMILES string of the molecule is O=C(O)C1CSCCN1C(=O)c1cc(F)ccc1F. The molecule has 1 atom stereocenters. The predicted octanol–water partition coefficient (Wildman–Crippen LogP) is 1.61. The van der Waals surface area contributed by atoms with Gasteiger partial charge in [0.1, 0.15) is 17.7 Å². The van der Waals surface area contributed by atoms with Crippen molar-refractivity contribution < 1.29 is 23.5 Å². The van der Waals surface area contributed by atoms with Gasteiger partial charge in [-0.3, -0.25) is 4.79 Å². The number of hydrogen-bond donors (Lipinski definition) is 1. The number of carboxylic acids is 1. The summed E-state index contributed by atoms with van der Waals surface area (Å²) in [6.45, 7) is 0.205. The van der Waals surface area contributed by atoms with E-state index in [2.05, 4.69) is 0 Å². The topological polar surface area (TPSA) is 57.6 Å². The Morgan fingerprint density at radius 3 is 2.79 bits per heavy atom. The molecule has 1 unspecified atom stereocenters. The maximum Gasteiger partial charge on any atom is 0.327 e. The quantitative estimate of drug-likeness (QED) is 0.898. The number of nitrogens with zero attached hydrogens (tertiary/aromatic N) is 1. The molecule has 1 aliphatic rings. The minimum Gasteiger partial charge on any atom is -0.480 e. The van der Waals surface area contributed by atoms with Crippen LogP contribution < -0.4 is 0 Å². The van der Waals surface area contributed by atoms with Crippen molar-refractivity contribution in [3.63, 3.8) is 0 Å². The first-order valence-electron chi connectivity index (χ1n) is 5.57. The molecule has 1 N–H and O–H groups in total. The van der Waals surface area contributed by atoms with Crippen molar-refractivity contribution in [2.75, 3.05) is 18.1 Å². The van der Waals surface area contributed by atoms with Gasteiger partial charge in [-0.1, -0.05) is 0 Å². The largest absolute Gasteiger partial charge is 0.480 e. The van der Waals surface area contributed by atoms with Gasteiger partial charge in [-0.2, -0.15) is 11.8 Å². The van der Waals surface area contributed by atoms with Crippen LogP contribution in [-0.2, 0) is 4.79 Å². The molecule has 1 amide bonds. The molecule has 0 spiro atoms. The van der Waals surface area contributed by atoms with Gasteiger partial charge in [0.25, 0.3) is 5.91 Å². The van der Waals surface area contributed by atoms with Crippen LogP contribution in [0.3, 0.4) is 0 Å². The normalized spacial score (nSPS) is 19.3. The summed E-state index contributed by atoms with van der Waals surface area (Å²) in [5.74, 6) is -2.69. The fourth-order valence-electron chi connectivity index (χ4n) is 1.87. The molecule has 4 nitrogen and oxygen atoms in total. The van der Waals surface area contributed by atoms with Crippen molar-refractivity contribution in [1.29, 1.82) is 0 Å². The van der Waals surface area contributed by atoms with E-state index in [1.165, 1.54) is 11.8 Å². The first kappa shape index (κ1) is 13.8. The third kappa shape index (κ3) is 2.86. The van der Waals surface area contributed by atoms with Crippen LogP contribution >= 0.6 is 11.8 Å². The van der Waals surface area contributed by atoms with Crippen LogP contribution in [0.25, 0.3) is 0 Å². The number of amides is 1. The molecule has 1 aromatic rings. The summed E-state index contributed by atoms with van der Waals surface area (Å²) in [5.41, 5.74) is -0.432. The lowest BCUT2D eigenvalue weighted by Crippen LogP contribution is -2.50. The average Bonchev–Trinajstić information content (AvgIpc) is 2.40. The van der Waals surface area contributed by atoms with Crippen molar-refractivity contribution in [2.45, 2.75) is 6.04 Å². The fraction of sp³-hybridized carbons (Fsp3) is 0.333. The van der Waals surface area contributed by atoms with E-state index in [1.54, 1.807) is 0 Å². The first-order chi connectivity index (χ1) is 9.00. The Kier molecular flexibility index (Phi) is 4.04. The monoisotopic (exact) mass is 287 g/mol. The molecule has 1 aromatic carbocycles. The lowest BCUT2D eigenvalue weighted by atomic mass is 10.1. The third-order valence-electron chi connectivity index (χ3n) is 2.83.